The third-order valence-electron chi connectivity index (χ3n) is 2.75. The van der Waals surface area contributed by atoms with Crippen molar-refractivity contribution < 1.29 is 21.7 Å². The molecule has 0 aromatic rings. The van der Waals surface area contributed by atoms with E-state index in [0.717, 1.165) is 52.4 Å². The van der Waals surface area contributed by atoms with E-state index in [-0.39, 0.29) is 68.8 Å². The summed E-state index contributed by atoms with van der Waals surface area (Å²) in [6, 6.07) is 0. The Morgan fingerprint density at radius 2 is 0.773 bits per heavy atom. The van der Waals surface area contributed by atoms with Crippen LogP contribution in [-0.2, 0) is 21.7 Å². The Hall–Kier alpha value is 1.13. The number of nitrogens with zero attached hydrogens (tertiary/aromatic N) is 1. The van der Waals surface area contributed by atoms with Crippen molar-refractivity contribution in [1.82, 2.24) is 16.0 Å². The average molecular weight is 393 g/mol. The number of rotatable bonds is 0. The quantitative estimate of drug-likeness (QED) is 0.438. The smallest absolute Gasteiger partial charge is 0.662 e. The summed E-state index contributed by atoms with van der Waals surface area (Å²) in [7, 11) is 0. The topological polar surface area (TPSA) is 50.2 Å². The van der Waals surface area contributed by atoms with Crippen LogP contribution in [0, 0.1) is 22.3 Å². The molecule has 1 heterocycles. The van der Waals surface area contributed by atoms with Crippen LogP contribution in [0.5, 0.6) is 0 Å². The first kappa shape index (κ1) is 38.6. The molecule has 0 aromatic carbocycles. The van der Waals surface area contributed by atoms with Gasteiger partial charge in [-0.2, -0.15) is 0 Å². The molecule has 0 saturated carbocycles. The Morgan fingerprint density at radius 3 is 1.09 bits per heavy atom. The molecule has 136 valence electrons. The monoisotopic (exact) mass is 392 g/mol. The van der Waals surface area contributed by atoms with E-state index in [4.69, 9.17) is 0 Å². The molecule has 0 atom stereocenters. The van der Waals surface area contributed by atoms with Crippen molar-refractivity contribution in [3.8, 4) is 0 Å². The normalized spacial score (nSPS) is 17.5. The van der Waals surface area contributed by atoms with Gasteiger partial charge >= 0.3 is 21.7 Å². The van der Waals surface area contributed by atoms with Crippen molar-refractivity contribution in [2.75, 3.05) is 52.4 Å². The first-order valence-electron chi connectivity index (χ1n) is 6.75. The zero-order valence-corrected chi connectivity index (χ0v) is 17.9. The van der Waals surface area contributed by atoms with Gasteiger partial charge in [-0.05, 0) is 52.1 Å². The Kier molecular flexibility index (Phi) is 59.1. The van der Waals surface area contributed by atoms with Crippen molar-refractivity contribution >= 4 is 24.8 Å². The summed E-state index contributed by atoms with van der Waals surface area (Å²) in [5.41, 5.74) is 0. The van der Waals surface area contributed by atoms with Crippen molar-refractivity contribution in [2.24, 2.45) is 0 Å². The SMILES string of the molecule is C1C[N-]CCCNCCCNCCCNC1.Cl.Cl.[CH3-].[CH3-].[CH3-].[Ti+4]. The van der Waals surface area contributed by atoms with Crippen molar-refractivity contribution in [2.45, 2.75) is 25.7 Å². The summed E-state index contributed by atoms with van der Waals surface area (Å²) in [6.07, 6.45) is 4.82. The van der Waals surface area contributed by atoms with Gasteiger partial charge in [0.05, 0.1) is 0 Å². The summed E-state index contributed by atoms with van der Waals surface area (Å²) >= 11 is 0. The van der Waals surface area contributed by atoms with Crippen molar-refractivity contribution in [3.63, 3.8) is 0 Å². The van der Waals surface area contributed by atoms with Crippen LogP contribution in [0.2, 0.25) is 0 Å². The fourth-order valence-corrected chi connectivity index (χ4v) is 1.80. The molecular formula is C15H38Cl2N4Ti. The Balaban J connectivity index is -0.000000107. The second-order valence-corrected chi connectivity index (χ2v) is 4.34. The van der Waals surface area contributed by atoms with E-state index < -0.39 is 0 Å². The second kappa shape index (κ2) is 33.7. The molecule has 7 heteroatoms. The predicted molar refractivity (Wildman–Crippen MR) is 104 cm³/mol. The molecule has 1 rings (SSSR count). The summed E-state index contributed by atoms with van der Waals surface area (Å²) in [4.78, 5) is 0. The maximum Gasteiger partial charge on any atom is 4.00 e. The van der Waals surface area contributed by atoms with E-state index in [2.05, 4.69) is 21.3 Å². The number of nitrogens with one attached hydrogen (secondary N) is 3. The zero-order chi connectivity index (χ0) is 11.3. The number of halogens is 2. The Morgan fingerprint density at radius 1 is 0.500 bits per heavy atom. The summed E-state index contributed by atoms with van der Waals surface area (Å²) in [5, 5.41) is 14.9. The summed E-state index contributed by atoms with van der Waals surface area (Å²) in [6.45, 7) is 8.80. The molecule has 0 amide bonds. The van der Waals surface area contributed by atoms with E-state index in [1.54, 1.807) is 0 Å². The Bertz CT molecular complexity index is 93.5. The van der Waals surface area contributed by atoms with E-state index in [0.29, 0.717) is 0 Å². The molecule has 0 aliphatic carbocycles. The van der Waals surface area contributed by atoms with Gasteiger partial charge in [-0.25, -0.2) is 0 Å². The van der Waals surface area contributed by atoms with Crippen LogP contribution in [0.3, 0.4) is 0 Å². The third kappa shape index (κ3) is 29.2. The summed E-state index contributed by atoms with van der Waals surface area (Å²) in [5.74, 6) is 0. The molecule has 0 spiro atoms. The largest absolute Gasteiger partial charge is 4.00 e. The molecule has 1 aliphatic rings. The van der Waals surface area contributed by atoms with Gasteiger partial charge in [0.25, 0.3) is 0 Å². The van der Waals surface area contributed by atoms with Crippen LogP contribution in [0.4, 0.5) is 0 Å². The zero-order valence-electron chi connectivity index (χ0n) is 14.7. The molecule has 1 aliphatic heterocycles. The van der Waals surface area contributed by atoms with Crippen LogP contribution in [-0.4, -0.2) is 52.4 Å². The van der Waals surface area contributed by atoms with Crippen LogP contribution >= 0.6 is 24.8 Å². The average Bonchev–Trinajstić information content (AvgIpc) is 2.29. The van der Waals surface area contributed by atoms with Crippen LogP contribution in [0.15, 0.2) is 0 Å². The van der Waals surface area contributed by atoms with Gasteiger partial charge in [0.15, 0.2) is 0 Å². The minimum absolute atomic E-state index is 0. The van der Waals surface area contributed by atoms with Gasteiger partial charge in [0.2, 0.25) is 0 Å². The van der Waals surface area contributed by atoms with Crippen LogP contribution in [0.25, 0.3) is 5.32 Å². The first-order chi connectivity index (χ1) is 8.00. The first-order valence-corrected chi connectivity index (χ1v) is 6.75. The maximum atomic E-state index is 4.51. The van der Waals surface area contributed by atoms with E-state index in [1.165, 1.54) is 25.7 Å². The molecule has 22 heavy (non-hydrogen) atoms. The molecular weight excluding hydrogens is 355 g/mol. The molecule has 0 unspecified atom stereocenters. The number of hydrogen-bond acceptors (Lipinski definition) is 3. The fraction of sp³-hybridized carbons (Fsp3) is 0.800. The second-order valence-electron chi connectivity index (χ2n) is 4.34. The molecule has 0 aromatic heterocycles. The maximum absolute atomic E-state index is 4.51. The molecule has 1 fully saturated rings. The van der Waals surface area contributed by atoms with Gasteiger partial charge in [0, 0.05) is 0 Å². The predicted octanol–water partition coefficient (Wildman–Crippen LogP) is 2.89. The van der Waals surface area contributed by atoms with Crippen LogP contribution < -0.4 is 16.0 Å². The summed E-state index contributed by atoms with van der Waals surface area (Å²) < 4.78 is 0. The van der Waals surface area contributed by atoms with Gasteiger partial charge < -0.3 is 43.5 Å². The minimum Gasteiger partial charge on any atom is -0.662 e. The van der Waals surface area contributed by atoms with Gasteiger partial charge in [-0.15, -0.1) is 37.9 Å². The molecule has 0 radical (unpaired) electrons. The standard InChI is InChI=1S/C12H27N4.3CH3.2ClH.Ti/c1-5-13-7-2-9-15-11-4-12-16-10-3-8-14-6-1;;;;;;/h13-15H,1-12H2;3*1H3;2*1H;/q4*-1;;;+4. The fourth-order valence-electron chi connectivity index (χ4n) is 1.80. The van der Waals surface area contributed by atoms with Crippen molar-refractivity contribution in [3.05, 3.63) is 27.6 Å². The van der Waals surface area contributed by atoms with E-state index in [1.807, 2.05) is 0 Å². The van der Waals surface area contributed by atoms with Crippen molar-refractivity contribution in [1.29, 1.82) is 0 Å². The number of hydrogen-bond donors (Lipinski definition) is 3. The van der Waals surface area contributed by atoms with E-state index in [9.17, 15) is 0 Å². The molecule has 1 saturated heterocycles. The molecule has 0 bridgehead atoms. The van der Waals surface area contributed by atoms with Gasteiger partial charge in [-0.3, -0.25) is 0 Å². The Labute approximate surface area is 167 Å². The molecule has 3 N–H and O–H groups in total. The minimum atomic E-state index is 0. The third-order valence-corrected chi connectivity index (χ3v) is 2.75. The van der Waals surface area contributed by atoms with Crippen LogP contribution in [0.1, 0.15) is 25.7 Å². The van der Waals surface area contributed by atoms with Gasteiger partial charge in [0.1, 0.15) is 0 Å². The molecule has 4 nitrogen and oxygen atoms in total. The van der Waals surface area contributed by atoms with E-state index >= 15 is 0 Å². The van der Waals surface area contributed by atoms with Gasteiger partial charge in [-0.1, -0.05) is 12.8 Å².